The molecule has 0 bridgehead atoms. The van der Waals surface area contributed by atoms with E-state index in [2.05, 4.69) is 15.1 Å². The maximum Gasteiger partial charge on any atom is 0.234 e. The lowest BCUT2D eigenvalue weighted by Gasteiger charge is -2.37. The van der Waals surface area contributed by atoms with E-state index in [1.54, 1.807) is 0 Å². The van der Waals surface area contributed by atoms with Crippen molar-refractivity contribution in [3.8, 4) is 5.88 Å². The van der Waals surface area contributed by atoms with Crippen LogP contribution in [-0.4, -0.2) is 53.3 Å². The molecule has 1 amide bonds. The largest absolute Gasteiger partial charge is 0.473 e. The fraction of sp³-hybridized carbons (Fsp3) is 0.393. The lowest BCUT2D eigenvalue weighted by atomic mass is 9.90. The van der Waals surface area contributed by atoms with Crippen molar-refractivity contribution < 1.29 is 9.53 Å². The van der Waals surface area contributed by atoms with Gasteiger partial charge in [0.2, 0.25) is 11.8 Å². The number of aromatic nitrogens is 2. The Kier molecular flexibility index (Phi) is 7.03. The van der Waals surface area contributed by atoms with E-state index in [0.29, 0.717) is 19.0 Å². The molecule has 1 saturated heterocycles. The van der Waals surface area contributed by atoms with E-state index in [1.807, 2.05) is 77.7 Å². The molecular formula is C28H32N4O2. The first kappa shape index (κ1) is 22.4. The molecule has 34 heavy (non-hydrogen) atoms. The van der Waals surface area contributed by atoms with Crippen molar-refractivity contribution in [2.45, 2.75) is 44.1 Å². The van der Waals surface area contributed by atoms with Crippen molar-refractivity contribution in [3.05, 3.63) is 83.9 Å². The smallest absolute Gasteiger partial charge is 0.234 e. The summed E-state index contributed by atoms with van der Waals surface area (Å²) in [6.07, 6.45) is 6.24. The molecule has 0 spiro atoms. The fourth-order valence-electron chi connectivity index (χ4n) is 5.01. The zero-order valence-corrected chi connectivity index (χ0v) is 19.6. The van der Waals surface area contributed by atoms with E-state index >= 15 is 0 Å². The number of carbonyl (C=O) groups excluding carboxylic acids is 1. The van der Waals surface area contributed by atoms with E-state index < -0.39 is 0 Å². The highest BCUT2D eigenvalue weighted by Gasteiger charge is 2.30. The first-order valence-corrected chi connectivity index (χ1v) is 12.4. The van der Waals surface area contributed by atoms with E-state index in [4.69, 9.17) is 4.74 Å². The van der Waals surface area contributed by atoms with Gasteiger partial charge in [0, 0.05) is 32.2 Å². The zero-order valence-electron chi connectivity index (χ0n) is 19.6. The van der Waals surface area contributed by atoms with Crippen LogP contribution in [0.15, 0.2) is 72.8 Å². The minimum absolute atomic E-state index is 0.152. The minimum Gasteiger partial charge on any atom is -0.473 e. The van der Waals surface area contributed by atoms with Crippen molar-refractivity contribution in [2.75, 3.05) is 31.1 Å². The van der Waals surface area contributed by atoms with Crippen molar-refractivity contribution in [1.29, 1.82) is 0 Å². The Hall–Kier alpha value is -3.41. The van der Waals surface area contributed by atoms with E-state index in [0.717, 1.165) is 42.9 Å². The standard InChI is InChI=1S/C28H32N4O2/c33-28(27(22-10-4-1-5-11-22)23-12-6-2-7-13-23)32-20-18-31(19-21-32)25-16-17-26(30-29-25)34-24-14-8-3-9-15-24/h1-2,4-7,10-13,16-17,24,27H,3,8-9,14-15,18-21H2. The first-order chi connectivity index (χ1) is 16.8. The van der Waals surface area contributed by atoms with Crippen LogP contribution in [0.2, 0.25) is 0 Å². The third-order valence-corrected chi connectivity index (χ3v) is 6.89. The minimum atomic E-state index is -0.287. The number of carbonyl (C=O) groups is 1. The summed E-state index contributed by atoms with van der Waals surface area (Å²) >= 11 is 0. The average molecular weight is 457 g/mol. The number of piperazine rings is 1. The fourth-order valence-corrected chi connectivity index (χ4v) is 5.01. The predicted molar refractivity (Wildman–Crippen MR) is 133 cm³/mol. The second-order valence-corrected chi connectivity index (χ2v) is 9.17. The number of hydrogen-bond acceptors (Lipinski definition) is 5. The molecule has 1 aliphatic heterocycles. The SMILES string of the molecule is O=C(C(c1ccccc1)c1ccccc1)N1CCN(c2ccc(OC3CCCCC3)nn2)CC1. The van der Waals surface area contributed by atoms with Gasteiger partial charge < -0.3 is 14.5 Å². The Morgan fingerprint density at radius 3 is 1.94 bits per heavy atom. The third kappa shape index (κ3) is 5.22. The van der Waals surface area contributed by atoms with Crippen LogP contribution in [0.4, 0.5) is 5.82 Å². The summed E-state index contributed by atoms with van der Waals surface area (Å²) in [5, 5.41) is 8.73. The van der Waals surface area contributed by atoms with Crippen LogP contribution in [0.1, 0.15) is 49.1 Å². The number of nitrogens with zero attached hydrogens (tertiary/aromatic N) is 4. The summed E-state index contributed by atoms with van der Waals surface area (Å²) < 4.78 is 6.01. The van der Waals surface area contributed by atoms with Gasteiger partial charge in [0.25, 0.3) is 0 Å². The highest BCUT2D eigenvalue weighted by molar-refractivity contribution is 5.87. The summed E-state index contributed by atoms with van der Waals surface area (Å²) in [4.78, 5) is 17.8. The van der Waals surface area contributed by atoms with Gasteiger partial charge in [0.05, 0.1) is 5.92 Å². The van der Waals surface area contributed by atoms with Gasteiger partial charge in [-0.1, -0.05) is 67.1 Å². The Morgan fingerprint density at radius 2 is 1.38 bits per heavy atom. The number of hydrogen-bond donors (Lipinski definition) is 0. The van der Waals surface area contributed by atoms with Gasteiger partial charge in [0.15, 0.2) is 5.82 Å². The van der Waals surface area contributed by atoms with Crippen molar-refractivity contribution in [2.24, 2.45) is 0 Å². The predicted octanol–water partition coefficient (Wildman–Crippen LogP) is 4.67. The summed E-state index contributed by atoms with van der Waals surface area (Å²) in [6, 6.07) is 24.0. The van der Waals surface area contributed by atoms with Gasteiger partial charge in [-0.15, -0.1) is 10.2 Å². The molecule has 2 aliphatic rings. The van der Waals surface area contributed by atoms with Crippen molar-refractivity contribution >= 4 is 11.7 Å². The van der Waals surface area contributed by atoms with Gasteiger partial charge in [-0.2, -0.15) is 0 Å². The quantitative estimate of drug-likeness (QED) is 0.540. The van der Waals surface area contributed by atoms with Crippen LogP contribution in [0.5, 0.6) is 5.88 Å². The molecule has 0 N–H and O–H groups in total. The highest BCUT2D eigenvalue weighted by atomic mass is 16.5. The van der Waals surface area contributed by atoms with Gasteiger partial charge in [-0.25, -0.2) is 0 Å². The monoisotopic (exact) mass is 456 g/mol. The number of ether oxygens (including phenoxy) is 1. The zero-order chi connectivity index (χ0) is 23.2. The lowest BCUT2D eigenvalue weighted by Crippen LogP contribution is -2.50. The van der Waals surface area contributed by atoms with Crippen LogP contribution >= 0.6 is 0 Å². The molecule has 6 heteroatoms. The molecule has 176 valence electrons. The molecule has 1 saturated carbocycles. The molecule has 5 rings (SSSR count). The van der Waals surface area contributed by atoms with Crippen molar-refractivity contribution in [1.82, 2.24) is 15.1 Å². The highest BCUT2D eigenvalue weighted by Crippen LogP contribution is 2.28. The van der Waals surface area contributed by atoms with Gasteiger partial charge >= 0.3 is 0 Å². The molecular weight excluding hydrogens is 424 g/mol. The normalized spacial score (nSPS) is 17.1. The topological polar surface area (TPSA) is 58.6 Å². The van der Waals surface area contributed by atoms with Gasteiger partial charge in [-0.05, 0) is 42.9 Å². The van der Waals surface area contributed by atoms with Gasteiger partial charge in [-0.3, -0.25) is 4.79 Å². The Bertz CT molecular complexity index is 1010. The summed E-state index contributed by atoms with van der Waals surface area (Å²) in [5.74, 6) is 1.31. The molecule has 2 fully saturated rings. The van der Waals surface area contributed by atoms with Crippen molar-refractivity contribution in [3.63, 3.8) is 0 Å². The summed E-state index contributed by atoms with van der Waals surface area (Å²) in [6.45, 7) is 2.80. The molecule has 3 aromatic rings. The first-order valence-electron chi connectivity index (χ1n) is 12.4. The molecule has 0 atom stereocenters. The number of rotatable bonds is 6. The summed E-state index contributed by atoms with van der Waals surface area (Å²) in [7, 11) is 0. The Balaban J connectivity index is 1.22. The molecule has 1 aromatic heterocycles. The third-order valence-electron chi connectivity index (χ3n) is 6.89. The maximum atomic E-state index is 13.6. The van der Waals surface area contributed by atoms with Gasteiger partial charge in [0.1, 0.15) is 6.10 Å². The summed E-state index contributed by atoms with van der Waals surface area (Å²) in [5.41, 5.74) is 2.06. The molecule has 2 heterocycles. The Labute approximate surface area is 201 Å². The molecule has 2 aromatic carbocycles. The number of amides is 1. The van der Waals surface area contributed by atoms with Crippen LogP contribution in [0, 0.1) is 0 Å². The molecule has 6 nitrogen and oxygen atoms in total. The number of benzene rings is 2. The molecule has 0 radical (unpaired) electrons. The maximum absolute atomic E-state index is 13.6. The van der Waals surface area contributed by atoms with E-state index in [1.165, 1.54) is 19.3 Å². The Morgan fingerprint density at radius 1 is 0.765 bits per heavy atom. The molecule has 0 unspecified atom stereocenters. The van der Waals surface area contributed by atoms with Crippen LogP contribution in [-0.2, 0) is 4.79 Å². The second-order valence-electron chi connectivity index (χ2n) is 9.17. The lowest BCUT2D eigenvalue weighted by molar-refractivity contribution is -0.132. The van der Waals surface area contributed by atoms with Crippen LogP contribution in [0.25, 0.3) is 0 Å². The van der Waals surface area contributed by atoms with E-state index in [9.17, 15) is 4.79 Å². The van der Waals surface area contributed by atoms with Crippen LogP contribution < -0.4 is 9.64 Å². The van der Waals surface area contributed by atoms with E-state index in [-0.39, 0.29) is 17.9 Å². The van der Waals surface area contributed by atoms with Crippen LogP contribution in [0.3, 0.4) is 0 Å². The molecule has 1 aliphatic carbocycles. The average Bonchev–Trinajstić information content (AvgIpc) is 2.91. The number of anilines is 1. The second kappa shape index (κ2) is 10.7.